The number of ether oxygens (including phenoxy) is 2. The second-order valence-corrected chi connectivity index (χ2v) is 10.6. The van der Waals surface area contributed by atoms with E-state index >= 15 is 0 Å². The van der Waals surface area contributed by atoms with Gasteiger partial charge in [0.05, 0.1) is 23.9 Å². The van der Waals surface area contributed by atoms with E-state index in [1.165, 1.54) is 41.9 Å². The molecule has 0 radical (unpaired) electrons. The Labute approximate surface area is 203 Å². The van der Waals surface area contributed by atoms with Crippen molar-refractivity contribution in [1.82, 2.24) is 9.47 Å². The normalized spacial score (nSPS) is 23.7. The molecule has 1 saturated heterocycles. The van der Waals surface area contributed by atoms with Crippen LogP contribution in [0.1, 0.15) is 0 Å². The van der Waals surface area contributed by atoms with Crippen molar-refractivity contribution in [2.45, 2.75) is 23.7 Å². The number of alkyl halides is 2. The molecule has 8 nitrogen and oxygen atoms in total. The number of halogens is 3. The van der Waals surface area contributed by atoms with E-state index in [9.17, 15) is 17.2 Å². The maximum Gasteiger partial charge on any atom is 0.387 e. The highest BCUT2D eigenvalue weighted by Gasteiger charge is 2.68. The van der Waals surface area contributed by atoms with Gasteiger partial charge in [0.2, 0.25) is 17.7 Å². The fraction of sp³-hybridized carbons (Fsp3) is 0.217. The summed E-state index contributed by atoms with van der Waals surface area (Å²) in [4.78, 5) is 8.78. The van der Waals surface area contributed by atoms with Crippen LogP contribution >= 0.6 is 11.6 Å². The number of rotatable bonds is 5. The summed E-state index contributed by atoms with van der Waals surface area (Å²) in [7, 11) is -2.73. The molecule has 3 aromatic rings. The predicted octanol–water partition coefficient (Wildman–Crippen LogP) is 2.64. The number of quaternary nitrogens is 1. The lowest BCUT2D eigenvalue weighted by Gasteiger charge is -2.49. The zero-order chi connectivity index (χ0) is 24.5. The smallest absolute Gasteiger partial charge is 0.387 e. The standard InChI is InChI=1S/C23H18ClF2N4O4S/c1-33-20-8-6-15(10-27-20)35(31,32)29-18-3-2-4-19(34-23(25)26)21(18)30-11-13-9-14(24)5-7-16(13)28-17(12-30)22(29)30/h2-11,17,22-23H,12H2,1H3/q+1/t17-,22?,30+/m1/s1. The number of nitrogens with zero attached hydrogens (tertiary/aromatic N) is 4. The zero-order valence-corrected chi connectivity index (χ0v) is 19.7. The van der Waals surface area contributed by atoms with E-state index in [0.717, 1.165) is 0 Å². The van der Waals surface area contributed by atoms with Gasteiger partial charge in [0, 0.05) is 11.1 Å². The predicted molar refractivity (Wildman–Crippen MR) is 124 cm³/mol. The third kappa shape index (κ3) is 3.15. The second kappa shape index (κ2) is 7.61. The highest BCUT2D eigenvalue weighted by Crippen LogP contribution is 2.58. The average molecular weight is 520 g/mol. The SMILES string of the molecule is COc1ccc(S(=O)(=O)N2c3cccc(OC(F)F)c3[N@+]34C=c5cc(Cl)ccc5=N[C@H](C3)C24)cn1. The van der Waals surface area contributed by atoms with E-state index in [0.29, 0.717) is 27.8 Å². The van der Waals surface area contributed by atoms with Gasteiger partial charge in [-0.1, -0.05) is 17.7 Å². The molecule has 0 aliphatic carbocycles. The molecule has 180 valence electrons. The van der Waals surface area contributed by atoms with Crippen LogP contribution in [0.4, 0.5) is 20.2 Å². The average Bonchev–Trinajstić information content (AvgIpc) is 2.92. The molecule has 2 bridgehead atoms. The van der Waals surface area contributed by atoms with E-state index < -0.39 is 28.8 Å². The van der Waals surface area contributed by atoms with Crippen molar-refractivity contribution >= 4 is 39.2 Å². The number of sulfonamides is 1. The number of aromatic nitrogens is 1. The Balaban J connectivity index is 1.61. The van der Waals surface area contributed by atoms with Crippen molar-refractivity contribution in [3.8, 4) is 11.6 Å². The van der Waals surface area contributed by atoms with E-state index in [-0.39, 0.29) is 26.7 Å². The monoisotopic (exact) mass is 519 g/mol. The van der Waals surface area contributed by atoms with Gasteiger partial charge in [0.15, 0.2) is 11.8 Å². The molecule has 0 amide bonds. The van der Waals surface area contributed by atoms with Crippen molar-refractivity contribution < 1.29 is 26.7 Å². The van der Waals surface area contributed by atoms with Crippen LogP contribution in [-0.4, -0.2) is 45.9 Å². The maximum atomic E-state index is 14.0. The number of hydrogen-bond acceptors (Lipinski definition) is 6. The minimum atomic E-state index is -4.16. The third-order valence-corrected chi connectivity index (χ3v) is 8.54. The number of methoxy groups -OCH3 is 1. The van der Waals surface area contributed by atoms with Crippen LogP contribution in [0, 0.1) is 0 Å². The Morgan fingerprint density at radius 1 is 1.20 bits per heavy atom. The molecule has 2 aromatic carbocycles. The molecule has 4 heterocycles. The van der Waals surface area contributed by atoms with Crippen LogP contribution in [0.2, 0.25) is 5.02 Å². The molecule has 1 aromatic heterocycles. The summed E-state index contributed by atoms with van der Waals surface area (Å²) in [6.07, 6.45) is 2.31. The Bertz CT molecular complexity index is 1590. The molecule has 3 aliphatic heterocycles. The van der Waals surface area contributed by atoms with Crippen molar-refractivity contribution in [3.63, 3.8) is 0 Å². The van der Waals surface area contributed by atoms with Crippen LogP contribution in [0.25, 0.3) is 6.20 Å². The molecule has 1 spiro atoms. The summed E-state index contributed by atoms with van der Waals surface area (Å²) >= 11 is 6.22. The molecule has 6 rings (SSSR count). The molecular weight excluding hydrogens is 502 g/mol. The number of benzene rings is 2. The summed E-state index contributed by atoms with van der Waals surface area (Å²) in [5.74, 6) is 0.173. The number of hydrogen-bond donors (Lipinski definition) is 0. The molecule has 35 heavy (non-hydrogen) atoms. The first kappa shape index (κ1) is 22.2. The number of para-hydroxylation sites is 1. The number of pyridine rings is 1. The van der Waals surface area contributed by atoms with Crippen LogP contribution in [0.15, 0.2) is 64.6 Å². The van der Waals surface area contributed by atoms with Crippen molar-refractivity contribution in [1.29, 1.82) is 0 Å². The Kier molecular flexibility index (Phi) is 4.83. The molecule has 1 fully saturated rings. The molecule has 1 unspecified atom stereocenters. The van der Waals surface area contributed by atoms with Crippen molar-refractivity contribution in [2.75, 3.05) is 18.0 Å². The van der Waals surface area contributed by atoms with Crippen LogP contribution in [-0.2, 0) is 10.0 Å². The van der Waals surface area contributed by atoms with Gasteiger partial charge < -0.3 is 9.47 Å². The first-order valence-electron chi connectivity index (χ1n) is 10.6. The molecular formula is C23H18ClF2N4O4S+. The van der Waals surface area contributed by atoms with Gasteiger partial charge >= 0.3 is 6.61 Å². The first-order chi connectivity index (χ1) is 16.7. The van der Waals surface area contributed by atoms with E-state index in [1.54, 1.807) is 24.3 Å². The van der Waals surface area contributed by atoms with Gasteiger partial charge in [-0.3, -0.25) is 4.99 Å². The topological polar surface area (TPSA) is 81.1 Å². The summed E-state index contributed by atoms with van der Waals surface area (Å²) in [6, 6.07) is 12.1. The lowest BCUT2D eigenvalue weighted by molar-refractivity contribution is -0.0505. The Morgan fingerprint density at radius 3 is 2.74 bits per heavy atom. The second-order valence-electron chi connectivity index (χ2n) is 8.39. The van der Waals surface area contributed by atoms with Gasteiger partial charge in [0.1, 0.15) is 23.3 Å². The van der Waals surface area contributed by atoms with Crippen LogP contribution in [0.5, 0.6) is 11.6 Å². The summed E-state index contributed by atoms with van der Waals surface area (Å²) in [6.45, 7) is -2.70. The van der Waals surface area contributed by atoms with Crippen molar-refractivity contribution in [3.05, 3.63) is 70.3 Å². The maximum absolute atomic E-state index is 14.0. The third-order valence-electron chi connectivity index (χ3n) is 6.53. The fourth-order valence-electron chi connectivity index (χ4n) is 5.19. The molecule has 12 heteroatoms. The first-order valence-corrected chi connectivity index (χ1v) is 12.4. The van der Waals surface area contributed by atoms with E-state index in [4.69, 9.17) is 26.1 Å². The number of anilines is 1. The quantitative estimate of drug-likeness (QED) is 0.484. The Hall–Kier alpha value is -3.28. The molecule has 3 aliphatic rings. The summed E-state index contributed by atoms with van der Waals surface area (Å²) in [5.41, 5.74) is 0.588. The minimum Gasteiger partial charge on any atom is -0.481 e. The van der Waals surface area contributed by atoms with Crippen LogP contribution < -0.4 is 28.8 Å². The summed E-state index contributed by atoms with van der Waals surface area (Å²) < 4.78 is 65.8. The van der Waals surface area contributed by atoms with Gasteiger partial charge in [-0.15, -0.1) is 0 Å². The highest BCUT2D eigenvalue weighted by atomic mass is 35.5. The van der Waals surface area contributed by atoms with E-state index in [1.807, 2.05) is 6.20 Å². The van der Waals surface area contributed by atoms with E-state index in [2.05, 4.69) is 4.98 Å². The minimum absolute atomic E-state index is 0.0391. The van der Waals surface area contributed by atoms with Gasteiger partial charge in [-0.05, 0) is 36.4 Å². The molecule has 0 saturated carbocycles. The summed E-state index contributed by atoms with van der Waals surface area (Å²) in [5, 5.41) is 1.82. The van der Waals surface area contributed by atoms with Crippen LogP contribution in [0.3, 0.4) is 0 Å². The zero-order valence-electron chi connectivity index (χ0n) is 18.2. The molecule has 0 N–H and O–H groups in total. The lowest BCUT2D eigenvalue weighted by atomic mass is 10.0. The lowest BCUT2D eigenvalue weighted by Crippen LogP contribution is -2.74. The van der Waals surface area contributed by atoms with Gasteiger partial charge in [-0.25, -0.2) is 22.2 Å². The number of fused-ring (bicyclic) bond motifs is 4. The van der Waals surface area contributed by atoms with Crippen molar-refractivity contribution in [2.24, 2.45) is 4.99 Å². The largest absolute Gasteiger partial charge is 0.481 e. The molecule has 3 atom stereocenters. The fourth-order valence-corrected chi connectivity index (χ4v) is 7.02. The van der Waals surface area contributed by atoms with Gasteiger partial charge in [-0.2, -0.15) is 8.78 Å². The Morgan fingerprint density at radius 2 is 2.03 bits per heavy atom. The van der Waals surface area contributed by atoms with Gasteiger partial charge in [0.25, 0.3) is 10.0 Å². The highest BCUT2D eigenvalue weighted by molar-refractivity contribution is 7.93.